The van der Waals surface area contributed by atoms with Crippen molar-refractivity contribution < 1.29 is 4.42 Å². The molecule has 4 heteroatoms. The van der Waals surface area contributed by atoms with Gasteiger partial charge in [-0.2, -0.15) is 0 Å². The highest BCUT2D eigenvalue weighted by atomic mass is 16.3. The van der Waals surface area contributed by atoms with Crippen LogP contribution in [0.15, 0.2) is 47.3 Å². The quantitative estimate of drug-likeness (QED) is 0.907. The summed E-state index contributed by atoms with van der Waals surface area (Å²) in [5.74, 6) is 0.908. The second-order valence-corrected chi connectivity index (χ2v) is 5.41. The van der Waals surface area contributed by atoms with Gasteiger partial charge in [0.05, 0.1) is 12.7 Å². The molecule has 1 atom stereocenters. The van der Waals surface area contributed by atoms with Gasteiger partial charge in [-0.1, -0.05) is 30.3 Å². The molecule has 0 radical (unpaired) electrons. The molecule has 0 aliphatic carbocycles. The summed E-state index contributed by atoms with van der Waals surface area (Å²) in [5, 5.41) is 3.56. The van der Waals surface area contributed by atoms with Crippen LogP contribution in [0.2, 0.25) is 0 Å². The fourth-order valence-electron chi connectivity index (χ4n) is 2.78. The highest BCUT2D eigenvalue weighted by Gasteiger charge is 2.19. The Hall–Kier alpha value is -1.65. The van der Waals surface area contributed by atoms with E-state index in [1.54, 1.807) is 6.20 Å². The number of likely N-dealkylation sites (tertiary alicyclic amines) is 1. The van der Waals surface area contributed by atoms with Crippen molar-refractivity contribution in [2.75, 3.05) is 13.1 Å². The fraction of sp³-hybridized carbons (Fsp3) is 0.438. The highest BCUT2D eigenvalue weighted by molar-refractivity contribution is 5.14. The zero-order valence-corrected chi connectivity index (χ0v) is 11.7. The zero-order valence-electron chi connectivity index (χ0n) is 11.7. The number of hydrogen-bond acceptors (Lipinski definition) is 4. The Bertz CT molecular complexity index is 498. The lowest BCUT2D eigenvalue weighted by molar-refractivity contribution is 0.181. The molecular formula is C16H21N3O. The predicted octanol–water partition coefficient (Wildman–Crippen LogP) is 2.43. The normalized spacial score (nSPS) is 20.1. The molecule has 2 heterocycles. The molecule has 1 saturated heterocycles. The SMILES string of the molecule is c1ccc(CN2CCCC(NCc3cnco3)C2)cc1. The lowest BCUT2D eigenvalue weighted by atomic mass is 10.0. The standard InChI is InChI=1S/C16H21N3O/c1-2-5-14(6-3-1)11-19-8-4-7-15(12-19)18-10-16-9-17-13-20-16/h1-3,5-6,9,13,15,18H,4,7-8,10-12H2. The maximum Gasteiger partial charge on any atom is 0.180 e. The second-order valence-electron chi connectivity index (χ2n) is 5.41. The number of piperidine rings is 1. The molecule has 1 N–H and O–H groups in total. The Labute approximate surface area is 119 Å². The highest BCUT2D eigenvalue weighted by Crippen LogP contribution is 2.14. The van der Waals surface area contributed by atoms with E-state index in [0.29, 0.717) is 6.04 Å². The van der Waals surface area contributed by atoms with Gasteiger partial charge in [0.15, 0.2) is 6.39 Å². The van der Waals surface area contributed by atoms with Crippen LogP contribution < -0.4 is 5.32 Å². The van der Waals surface area contributed by atoms with E-state index in [4.69, 9.17) is 4.42 Å². The van der Waals surface area contributed by atoms with Crippen molar-refractivity contribution in [2.45, 2.75) is 32.0 Å². The van der Waals surface area contributed by atoms with Gasteiger partial charge in [0.1, 0.15) is 5.76 Å². The summed E-state index contributed by atoms with van der Waals surface area (Å²) < 4.78 is 5.26. The van der Waals surface area contributed by atoms with Gasteiger partial charge in [-0.3, -0.25) is 4.90 Å². The summed E-state index contributed by atoms with van der Waals surface area (Å²) >= 11 is 0. The number of aromatic nitrogens is 1. The van der Waals surface area contributed by atoms with Crippen LogP contribution in [-0.4, -0.2) is 29.0 Å². The Morgan fingerprint density at radius 2 is 2.20 bits per heavy atom. The number of hydrogen-bond donors (Lipinski definition) is 1. The maximum atomic E-state index is 5.26. The van der Waals surface area contributed by atoms with E-state index in [-0.39, 0.29) is 0 Å². The van der Waals surface area contributed by atoms with Gasteiger partial charge in [-0.15, -0.1) is 0 Å². The molecule has 1 aromatic carbocycles. The minimum atomic E-state index is 0.539. The molecule has 0 saturated carbocycles. The van der Waals surface area contributed by atoms with Crippen molar-refractivity contribution in [1.82, 2.24) is 15.2 Å². The molecule has 20 heavy (non-hydrogen) atoms. The predicted molar refractivity (Wildman–Crippen MR) is 78.1 cm³/mol. The van der Waals surface area contributed by atoms with Crippen molar-refractivity contribution in [2.24, 2.45) is 0 Å². The minimum absolute atomic E-state index is 0.539. The van der Waals surface area contributed by atoms with Crippen molar-refractivity contribution in [3.05, 3.63) is 54.2 Å². The lowest BCUT2D eigenvalue weighted by Gasteiger charge is -2.33. The third-order valence-corrected chi connectivity index (χ3v) is 3.80. The van der Waals surface area contributed by atoms with Gasteiger partial charge in [0.25, 0.3) is 0 Å². The molecule has 0 amide bonds. The van der Waals surface area contributed by atoms with Crippen LogP contribution in [0.1, 0.15) is 24.2 Å². The number of rotatable bonds is 5. The van der Waals surface area contributed by atoms with E-state index in [9.17, 15) is 0 Å². The molecule has 3 rings (SSSR count). The number of oxazole rings is 1. The van der Waals surface area contributed by atoms with Crippen LogP contribution in [0.3, 0.4) is 0 Å². The van der Waals surface area contributed by atoms with Gasteiger partial charge < -0.3 is 9.73 Å². The van der Waals surface area contributed by atoms with Crippen molar-refractivity contribution in [3.8, 4) is 0 Å². The lowest BCUT2D eigenvalue weighted by Crippen LogP contribution is -2.44. The molecule has 1 aromatic heterocycles. The molecule has 106 valence electrons. The monoisotopic (exact) mass is 271 g/mol. The largest absolute Gasteiger partial charge is 0.447 e. The summed E-state index contributed by atoms with van der Waals surface area (Å²) in [6, 6.07) is 11.2. The molecule has 2 aromatic rings. The summed E-state index contributed by atoms with van der Waals surface area (Å²) in [4.78, 5) is 6.46. The van der Waals surface area contributed by atoms with Crippen molar-refractivity contribution >= 4 is 0 Å². The van der Waals surface area contributed by atoms with Gasteiger partial charge in [-0.25, -0.2) is 4.98 Å². The van der Waals surface area contributed by atoms with Gasteiger partial charge in [0, 0.05) is 19.1 Å². The van der Waals surface area contributed by atoms with Crippen LogP contribution in [0.5, 0.6) is 0 Å². The van der Waals surface area contributed by atoms with Crippen LogP contribution in [0.4, 0.5) is 0 Å². The van der Waals surface area contributed by atoms with Crippen molar-refractivity contribution in [3.63, 3.8) is 0 Å². The number of nitrogens with one attached hydrogen (secondary N) is 1. The second kappa shape index (κ2) is 6.68. The Kier molecular flexibility index (Phi) is 4.46. The zero-order chi connectivity index (χ0) is 13.6. The van der Waals surface area contributed by atoms with E-state index in [0.717, 1.165) is 25.4 Å². The average molecular weight is 271 g/mol. The maximum absolute atomic E-state index is 5.26. The first-order chi connectivity index (χ1) is 9.90. The molecule has 1 fully saturated rings. The average Bonchev–Trinajstić information content (AvgIpc) is 3.00. The van der Waals surface area contributed by atoms with E-state index < -0.39 is 0 Å². The van der Waals surface area contributed by atoms with E-state index in [2.05, 4.69) is 45.5 Å². The van der Waals surface area contributed by atoms with Crippen LogP contribution >= 0.6 is 0 Å². The minimum Gasteiger partial charge on any atom is -0.447 e. The molecule has 1 aliphatic heterocycles. The van der Waals surface area contributed by atoms with Crippen LogP contribution in [0.25, 0.3) is 0 Å². The summed E-state index contributed by atoms with van der Waals surface area (Å²) in [7, 11) is 0. The Morgan fingerprint density at radius 1 is 1.30 bits per heavy atom. The number of nitrogens with zero attached hydrogens (tertiary/aromatic N) is 2. The van der Waals surface area contributed by atoms with Gasteiger partial charge in [0.2, 0.25) is 0 Å². The van der Waals surface area contributed by atoms with Gasteiger partial charge >= 0.3 is 0 Å². The molecule has 0 spiro atoms. The van der Waals surface area contributed by atoms with Crippen molar-refractivity contribution in [1.29, 1.82) is 0 Å². The first kappa shape index (κ1) is 13.3. The molecule has 0 bridgehead atoms. The van der Waals surface area contributed by atoms with Gasteiger partial charge in [-0.05, 0) is 24.9 Å². The van der Waals surface area contributed by atoms with E-state index >= 15 is 0 Å². The first-order valence-electron chi connectivity index (χ1n) is 7.27. The summed E-state index contributed by atoms with van der Waals surface area (Å²) in [6.07, 6.45) is 5.75. The molecular weight excluding hydrogens is 250 g/mol. The third-order valence-electron chi connectivity index (χ3n) is 3.80. The Balaban J connectivity index is 1.49. The fourth-order valence-corrected chi connectivity index (χ4v) is 2.78. The Morgan fingerprint density at radius 3 is 3.00 bits per heavy atom. The molecule has 4 nitrogen and oxygen atoms in total. The topological polar surface area (TPSA) is 41.3 Å². The summed E-state index contributed by atoms with van der Waals surface area (Å²) in [5.41, 5.74) is 1.39. The van der Waals surface area contributed by atoms with E-state index in [1.165, 1.54) is 31.3 Å². The number of benzene rings is 1. The summed E-state index contributed by atoms with van der Waals surface area (Å²) in [6.45, 7) is 4.10. The first-order valence-corrected chi connectivity index (χ1v) is 7.27. The van der Waals surface area contributed by atoms with Crippen LogP contribution in [0, 0.1) is 0 Å². The van der Waals surface area contributed by atoms with Crippen LogP contribution in [-0.2, 0) is 13.1 Å². The van der Waals surface area contributed by atoms with E-state index in [1.807, 2.05) is 0 Å². The molecule has 1 aliphatic rings. The third kappa shape index (κ3) is 3.68. The molecule has 1 unspecified atom stereocenters. The smallest absolute Gasteiger partial charge is 0.180 e.